The van der Waals surface area contributed by atoms with Gasteiger partial charge in [0.15, 0.2) is 0 Å². The second-order valence-corrected chi connectivity index (χ2v) is 9.06. The summed E-state index contributed by atoms with van der Waals surface area (Å²) in [5.41, 5.74) is 2.91. The van der Waals surface area contributed by atoms with Crippen molar-refractivity contribution in [1.82, 2.24) is 14.7 Å². The molecule has 0 saturated carbocycles. The third-order valence-electron chi connectivity index (χ3n) is 5.98. The van der Waals surface area contributed by atoms with Crippen LogP contribution in [0.4, 0.5) is 10.5 Å². The van der Waals surface area contributed by atoms with Gasteiger partial charge >= 0.3 is 6.09 Å². The molecule has 0 aliphatic carbocycles. The Kier molecular flexibility index (Phi) is 8.53. The van der Waals surface area contributed by atoms with E-state index in [2.05, 4.69) is 10.2 Å². The topological polar surface area (TPSA) is 85.7 Å². The monoisotopic (exact) mass is 500 g/mol. The van der Waals surface area contributed by atoms with Crippen molar-refractivity contribution < 1.29 is 14.3 Å². The van der Waals surface area contributed by atoms with E-state index in [1.54, 1.807) is 19.2 Å². The second kappa shape index (κ2) is 12.2. The summed E-state index contributed by atoms with van der Waals surface area (Å²) in [6.07, 6.45) is 1.31. The minimum Gasteiger partial charge on any atom is -0.497 e. The molecule has 192 valence electrons. The first-order valence-electron chi connectivity index (χ1n) is 12.3. The molecule has 0 bridgehead atoms. The Morgan fingerprint density at radius 2 is 1.73 bits per heavy atom. The zero-order valence-corrected chi connectivity index (χ0v) is 21.4. The highest BCUT2D eigenvalue weighted by molar-refractivity contribution is 5.93. The van der Waals surface area contributed by atoms with Gasteiger partial charge in [0, 0.05) is 16.6 Å². The minimum absolute atomic E-state index is 0.165. The summed E-state index contributed by atoms with van der Waals surface area (Å²) in [4.78, 5) is 27.4. The number of fused-ring (bicyclic) bond motifs is 1. The summed E-state index contributed by atoms with van der Waals surface area (Å²) in [7, 11) is 5.66. The van der Waals surface area contributed by atoms with E-state index in [9.17, 15) is 9.59 Å². The van der Waals surface area contributed by atoms with Crippen LogP contribution in [0.15, 0.2) is 77.6 Å². The zero-order chi connectivity index (χ0) is 26.2. The van der Waals surface area contributed by atoms with Crippen LogP contribution in [0.2, 0.25) is 0 Å². The van der Waals surface area contributed by atoms with Gasteiger partial charge in [-0.1, -0.05) is 42.5 Å². The van der Waals surface area contributed by atoms with Gasteiger partial charge in [-0.15, -0.1) is 0 Å². The van der Waals surface area contributed by atoms with Crippen LogP contribution in [0.3, 0.4) is 0 Å². The highest BCUT2D eigenvalue weighted by atomic mass is 16.5. The van der Waals surface area contributed by atoms with Crippen molar-refractivity contribution in [2.45, 2.75) is 19.4 Å². The molecule has 0 atom stereocenters. The Labute approximate surface area is 216 Å². The summed E-state index contributed by atoms with van der Waals surface area (Å²) in [5.74, 6) is 0.719. The number of hydrogen-bond acceptors (Lipinski definition) is 6. The van der Waals surface area contributed by atoms with Crippen molar-refractivity contribution >= 4 is 22.6 Å². The summed E-state index contributed by atoms with van der Waals surface area (Å²) in [5, 5.41) is 8.86. The Bertz CT molecular complexity index is 1410. The average molecular weight is 501 g/mol. The third-order valence-corrected chi connectivity index (χ3v) is 5.98. The first kappa shape index (κ1) is 25.9. The number of rotatable bonds is 10. The molecule has 1 N–H and O–H groups in total. The smallest absolute Gasteiger partial charge is 0.411 e. The fraction of sp³-hybridized carbons (Fsp3) is 0.276. The molecule has 0 aliphatic rings. The van der Waals surface area contributed by atoms with E-state index < -0.39 is 6.09 Å². The SMILES string of the molecule is COc1cccc(-c2nn(Cc3ccc(NC(=O)OCCCCN(C)C)cc3)c(=O)c3ccccc23)c1. The lowest BCUT2D eigenvalue weighted by atomic mass is 10.0. The van der Waals surface area contributed by atoms with Gasteiger partial charge in [0.2, 0.25) is 0 Å². The van der Waals surface area contributed by atoms with Crippen molar-refractivity contribution in [3.63, 3.8) is 0 Å². The van der Waals surface area contributed by atoms with E-state index in [0.29, 0.717) is 23.4 Å². The first-order chi connectivity index (χ1) is 17.9. The lowest BCUT2D eigenvalue weighted by molar-refractivity contribution is 0.158. The third kappa shape index (κ3) is 6.74. The van der Waals surface area contributed by atoms with Crippen LogP contribution in [-0.2, 0) is 11.3 Å². The number of amides is 1. The highest BCUT2D eigenvalue weighted by Gasteiger charge is 2.13. The molecular formula is C29H32N4O4. The van der Waals surface area contributed by atoms with Crippen molar-refractivity contribution in [1.29, 1.82) is 0 Å². The summed E-state index contributed by atoms with van der Waals surface area (Å²) >= 11 is 0. The number of anilines is 1. The van der Waals surface area contributed by atoms with Crippen molar-refractivity contribution in [3.05, 3.63) is 88.7 Å². The standard InChI is InChI=1S/C29H32N4O4/c1-32(2)17-6-7-18-37-29(35)30-23-15-13-21(14-16-23)20-33-28(34)26-12-5-4-11-25(26)27(31-33)22-9-8-10-24(19-22)36-3/h4-5,8-16,19H,6-7,17-18,20H2,1-3H3,(H,30,35). The number of hydrogen-bond donors (Lipinski definition) is 1. The molecule has 0 fully saturated rings. The van der Waals surface area contributed by atoms with Crippen LogP contribution < -0.4 is 15.6 Å². The molecule has 1 amide bonds. The lowest BCUT2D eigenvalue weighted by Crippen LogP contribution is -2.24. The molecule has 1 aromatic heterocycles. The maximum atomic E-state index is 13.2. The maximum absolute atomic E-state index is 13.2. The minimum atomic E-state index is -0.479. The van der Waals surface area contributed by atoms with E-state index >= 15 is 0 Å². The number of nitrogens with zero attached hydrogens (tertiary/aromatic N) is 3. The summed E-state index contributed by atoms with van der Waals surface area (Å²) < 4.78 is 12.1. The van der Waals surface area contributed by atoms with Crippen LogP contribution in [0.5, 0.6) is 5.75 Å². The van der Waals surface area contributed by atoms with Crippen LogP contribution >= 0.6 is 0 Å². The molecule has 0 unspecified atom stereocenters. The van der Waals surface area contributed by atoms with Gasteiger partial charge in [0.25, 0.3) is 5.56 Å². The van der Waals surface area contributed by atoms with E-state index in [1.807, 2.05) is 74.8 Å². The number of aromatic nitrogens is 2. The number of carbonyl (C=O) groups is 1. The number of methoxy groups -OCH3 is 1. The van der Waals surface area contributed by atoms with Gasteiger partial charge < -0.3 is 14.4 Å². The van der Waals surface area contributed by atoms with E-state index in [4.69, 9.17) is 14.6 Å². The number of benzene rings is 3. The van der Waals surface area contributed by atoms with Gasteiger partial charge in [-0.2, -0.15) is 5.10 Å². The quantitative estimate of drug-likeness (QED) is 0.308. The Hall–Kier alpha value is -4.17. The van der Waals surface area contributed by atoms with Crippen LogP contribution in [0, 0.1) is 0 Å². The number of nitrogens with one attached hydrogen (secondary N) is 1. The second-order valence-electron chi connectivity index (χ2n) is 9.06. The molecule has 3 aromatic carbocycles. The molecule has 37 heavy (non-hydrogen) atoms. The first-order valence-corrected chi connectivity index (χ1v) is 12.3. The molecule has 0 spiro atoms. The number of ether oxygens (including phenoxy) is 2. The zero-order valence-electron chi connectivity index (χ0n) is 21.4. The molecule has 0 radical (unpaired) electrons. The highest BCUT2D eigenvalue weighted by Crippen LogP contribution is 2.27. The summed E-state index contributed by atoms with van der Waals surface area (Å²) in [6, 6.07) is 22.4. The van der Waals surface area contributed by atoms with Crippen LogP contribution in [-0.4, -0.2) is 55.1 Å². The average Bonchev–Trinajstić information content (AvgIpc) is 2.91. The van der Waals surface area contributed by atoms with E-state index in [0.717, 1.165) is 41.6 Å². The van der Waals surface area contributed by atoms with Crippen LogP contribution in [0.1, 0.15) is 18.4 Å². The molecule has 8 nitrogen and oxygen atoms in total. The number of carbonyl (C=O) groups excluding carboxylic acids is 1. The van der Waals surface area contributed by atoms with Crippen molar-refractivity contribution in [2.75, 3.05) is 39.7 Å². The Morgan fingerprint density at radius 1 is 0.973 bits per heavy atom. The molecule has 4 rings (SSSR count). The van der Waals surface area contributed by atoms with Gasteiger partial charge in [-0.05, 0) is 69.4 Å². The van der Waals surface area contributed by atoms with Gasteiger partial charge in [-0.25, -0.2) is 9.48 Å². The largest absolute Gasteiger partial charge is 0.497 e. The van der Waals surface area contributed by atoms with Gasteiger partial charge in [0.05, 0.1) is 31.3 Å². The summed E-state index contributed by atoms with van der Waals surface area (Å²) in [6.45, 7) is 1.63. The maximum Gasteiger partial charge on any atom is 0.411 e. The van der Waals surface area contributed by atoms with E-state index in [-0.39, 0.29) is 12.1 Å². The molecule has 8 heteroatoms. The van der Waals surface area contributed by atoms with E-state index in [1.165, 1.54) is 4.68 Å². The van der Waals surface area contributed by atoms with Crippen LogP contribution in [0.25, 0.3) is 22.0 Å². The fourth-order valence-corrected chi connectivity index (χ4v) is 4.04. The predicted molar refractivity (Wildman–Crippen MR) is 146 cm³/mol. The number of unbranched alkanes of at least 4 members (excludes halogenated alkanes) is 1. The normalized spacial score (nSPS) is 11.0. The Morgan fingerprint density at radius 3 is 2.46 bits per heavy atom. The molecule has 0 aliphatic heterocycles. The lowest BCUT2D eigenvalue weighted by Gasteiger charge is -2.13. The van der Waals surface area contributed by atoms with Gasteiger partial charge in [0.1, 0.15) is 5.75 Å². The molecule has 1 heterocycles. The van der Waals surface area contributed by atoms with Gasteiger partial charge in [-0.3, -0.25) is 10.1 Å². The molecule has 0 saturated heterocycles. The predicted octanol–water partition coefficient (Wildman–Crippen LogP) is 5.01. The molecule has 4 aromatic rings. The Balaban J connectivity index is 1.49. The van der Waals surface area contributed by atoms with Crippen molar-refractivity contribution in [2.24, 2.45) is 0 Å². The fourth-order valence-electron chi connectivity index (χ4n) is 4.04. The van der Waals surface area contributed by atoms with Crippen molar-refractivity contribution in [3.8, 4) is 17.0 Å². The molecular weight excluding hydrogens is 468 g/mol.